The molecule has 0 spiro atoms. The van der Waals surface area contributed by atoms with Crippen LogP contribution in [0.4, 0.5) is 5.00 Å². The minimum atomic E-state index is -3.59. The highest BCUT2D eigenvalue weighted by atomic mass is 32.2. The molecule has 1 aliphatic carbocycles. The van der Waals surface area contributed by atoms with Gasteiger partial charge in [0.2, 0.25) is 10.0 Å². The molecule has 0 saturated carbocycles. The molecular weight excluding hydrogens is 422 g/mol. The molecule has 2 amide bonds. The first-order chi connectivity index (χ1) is 14.2. The number of benzene rings is 1. The summed E-state index contributed by atoms with van der Waals surface area (Å²) in [7, 11) is -3.59. The van der Waals surface area contributed by atoms with Gasteiger partial charge in [0, 0.05) is 23.5 Å². The van der Waals surface area contributed by atoms with E-state index in [4.69, 9.17) is 5.73 Å². The average Bonchev–Trinajstić information content (AvgIpc) is 3.05. The van der Waals surface area contributed by atoms with Crippen LogP contribution in [0.15, 0.2) is 29.2 Å². The molecule has 9 heteroatoms. The lowest BCUT2D eigenvalue weighted by Gasteiger charge is -2.18. The molecule has 0 saturated heterocycles. The molecule has 1 atom stereocenters. The third-order valence-corrected chi connectivity index (χ3v) is 8.71. The summed E-state index contributed by atoms with van der Waals surface area (Å²) >= 11 is 1.40. The van der Waals surface area contributed by atoms with Crippen molar-refractivity contribution in [3.8, 4) is 0 Å². The van der Waals surface area contributed by atoms with E-state index in [1.807, 2.05) is 0 Å². The van der Waals surface area contributed by atoms with Gasteiger partial charge >= 0.3 is 0 Å². The van der Waals surface area contributed by atoms with Crippen LogP contribution in [0.25, 0.3) is 0 Å². The quantitative estimate of drug-likeness (QED) is 0.676. The molecule has 0 fully saturated rings. The molecule has 1 aromatic carbocycles. The average molecular weight is 450 g/mol. The molecule has 0 radical (unpaired) electrons. The Kier molecular flexibility index (Phi) is 6.64. The van der Waals surface area contributed by atoms with Crippen molar-refractivity contribution in [2.24, 2.45) is 11.7 Å². The molecule has 7 nitrogen and oxygen atoms in total. The second-order valence-corrected chi connectivity index (χ2v) is 10.5. The number of amides is 2. The standard InChI is InChI=1S/C21H27N3O4S2/c1-4-24(5-2)30(27,28)15-9-7-14(8-10-15)20(26)23-21-18(19(22)25)16-12-13(3)6-11-17(16)29-21/h7-10,13H,4-6,11-12H2,1-3H3,(H2,22,25)(H,23,26)/t13-/m1/s1. The van der Waals surface area contributed by atoms with Gasteiger partial charge in [-0.15, -0.1) is 11.3 Å². The maximum absolute atomic E-state index is 12.8. The van der Waals surface area contributed by atoms with E-state index in [9.17, 15) is 18.0 Å². The van der Waals surface area contributed by atoms with Crippen LogP contribution in [0.5, 0.6) is 0 Å². The van der Waals surface area contributed by atoms with E-state index in [0.717, 1.165) is 29.7 Å². The molecule has 2 aromatic rings. The molecule has 30 heavy (non-hydrogen) atoms. The Morgan fingerprint density at radius 2 is 1.83 bits per heavy atom. The van der Waals surface area contributed by atoms with E-state index in [0.29, 0.717) is 35.1 Å². The number of carbonyl (C=O) groups excluding carboxylic acids is 2. The van der Waals surface area contributed by atoms with Crippen LogP contribution in [-0.4, -0.2) is 37.6 Å². The lowest BCUT2D eigenvalue weighted by Crippen LogP contribution is -2.30. The predicted molar refractivity (Wildman–Crippen MR) is 119 cm³/mol. The number of thiophene rings is 1. The SMILES string of the molecule is CCN(CC)S(=O)(=O)c1ccc(C(=O)Nc2sc3c(c2C(N)=O)C[C@H](C)CC3)cc1. The van der Waals surface area contributed by atoms with Crippen LogP contribution >= 0.6 is 11.3 Å². The summed E-state index contributed by atoms with van der Waals surface area (Å²) in [5, 5.41) is 3.27. The largest absolute Gasteiger partial charge is 0.365 e. The van der Waals surface area contributed by atoms with Gasteiger partial charge < -0.3 is 11.1 Å². The Labute approximate surface area is 181 Å². The number of aryl methyl sites for hydroxylation is 1. The summed E-state index contributed by atoms with van der Waals surface area (Å²) in [5.41, 5.74) is 7.26. The molecule has 0 aliphatic heterocycles. The van der Waals surface area contributed by atoms with Gasteiger partial charge in [-0.3, -0.25) is 9.59 Å². The van der Waals surface area contributed by atoms with Crippen molar-refractivity contribution < 1.29 is 18.0 Å². The molecule has 0 unspecified atom stereocenters. The van der Waals surface area contributed by atoms with Gasteiger partial charge in [0.05, 0.1) is 10.5 Å². The Morgan fingerprint density at radius 1 is 1.20 bits per heavy atom. The zero-order chi connectivity index (χ0) is 22.1. The number of nitrogens with two attached hydrogens (primary N) is 1. The van der Waals surface area contributed by atoms with Crippen LogP contribution in [0.1, 0.15) is 58.3 Å². The number of nitrogens with one attached hydrogen (secondary N) is 1. The highest BCUT2D eigenvalue weighted by Gasteiger charge is 2.28. The van der Waals surface area contributed by atoms with Crippen LogP contribution in [0.3, 0.4) is 0 Å². The minimum absolute atomic E-state index is 0.140. The van der Waals surface area contributed by atoms with Crippen molar-refractivity contribution >= 4 is 38.2 Å². The van der Waals surface area contributed by atoms with Crippen molar-refractivity contribution in [1.29, 1.82) is 0 Å². The smallest absolute Gasteiger partial charge is 0.256 e. The fourth-order valence-corrected chi connectivity index (χ4v) is 6.48. The third-order valence-electron chi connectivity index (χ3n) is 5.44. The zero-order valence-electron chi connectivity index (χ0n) is 17.4. The number of hydrogen-bond acceptors (Lipinski definition) is 5. The van der Waals surface area contributed by atoms with Crippen LogP contribution < -0.4 is 11.1 Å². The normalized spacial score (nSPS) is 16.3. The Morgan fingerprint density at radius 3 is 2.40 bits per heavy atom. The van der Waals surface area contributed by atoms with Crippen molar-refractivity contribution in [2.75, 3.05) is 18.4 Å². The predicted octanol–water partition coefficient (Wildman–Crippen LogP) is 3.25. The minimum Gasteiger partial charge on any atom is -0.365 e. The number of primary amides is 1. The van der Waals surface area contributed by atoms with Gasteiger partial charge in [-0.25, -0.2) is 8.42 Å². The molecule has 162 valence electrons. The molecular formula is C21H27N3O4S2. The number of fused-ring (bicyclic) bond motifs is 1. The molecule has 1 heterocycles. The summed E-state index contributed by atoms with van der Waals surface area (Å²) in [5.74, 6) is -0.484. The van der Waals surface area contributed by atoms with E-state index in [1.54, 1.807) is 13.8 Å². The highest BCUT2D eigenvalue weighted by molar-refractivity contribution is 7.89. The van der Waals surface area contributed by atoms with E-state index >= 15 is 0 Å². The first-order valence-electron chi connectivity index (χ1n) is 10.0. The molecule has 1 aliphatic rings. The maximum atomic E-state index is 12.8. The third kappa shape index (κ3) is 4.28. The molecule has 1 aromatic heterocycles. The van der Waals surface area contributed by atoms with E-state index in [2.05, 4.69) is 12.2 Å². The lowest BCUT2D eigenvalue weighted by atomic mass is 9.87. The van der Waals surface area contributed by atoms with Gasteiger partial charge in [0.25, 0.3) is 11.8 Å². The number of sulfonamides is 1. The van der Waals surface area contributed by atoms with Gasteiger partial charge in [0.15, 0.2) is 0 Å². The highest BCUT2D eigenvalue weighted by Crippen LogP contribution is 2.39. The van der Waals surface area contributed by atoms with Crippen molar-refractivity contribution in [1.82, 2.24) is 4.31 Å². The Hall–Kier alpha value is -2.23. The summed E-state index contributed by atoms with van der Waals surface area (Å²) in [6.07, 6.45) is 2.69. The number of nitrogens with zero attached hydrogens (tertiary/aromatic N) is 1. The van der Waals surface area contributed by atoms with Crippen molar-refractivity contribution in [3.63, 3.8) is 0 Å². The van der Waals surface area contributed by atoms with E-state index in [-0.39, 0.29) is 4.90 Å². The fraction of sp³-hybridized carbons (Fsp3) is 0.429. The monoisotopic (exact) mass is 449 g/mol. The summed E-state index contributed by atoms with van der Waals surface area (Å²) < 4.78 is 26.6. The second-order valence-electron chi connectivity index (χ2n) is 7.49. The number of anilines is 1. The Balaban J connectivity index is 1.85. The maximum Gasteiger partial charge on any atom is 0.256 e. The van der Waals surface area contributed by atoms with Crippen molar-refractivity contribution in [3.05, 3.63) is 45.8 Å². The zero-order valence-corrected chi connectivity index (χ0v) is 19.0. The van der Waals surface area contributed by atoms with Gasteiger partial charge in [0.1, 0.15) is 5.00 Å². The first kappa shape index (κ1) is 22.5. The van der Waals surface area contributed by atoms with Crippen LogP contribution in [-0.2, 0) is 22.9 Å². The molecule has 3 rings (SSSR count). The summed E-state index contributed by atoms with van der Waals surface area (Å²) in [6, 6.07) is 5.81. The number of hydrogen-bond donors (Lipinski definition) is 2. The number of carbonyl (C=O) groups is 2. The first-order valence-corrected chi connectivity index (χ1v) is 12.3. The molecule has 0 bridgehead atoms. The second kappa shape index (κ2) is 8.87. The number of rotatable bonds is 7. The van der Waals surface area contributed by atoms with Crippen LogP contribution in [0.2, 0.25) is 0 Å². The fourth-order valence-electron chi connectivity index (χ4n) is 3.77. The van der Waals surface area contributed by atoms with E-state index in [1.165, 1.54) is 39.9 Å². The lowest BCUT2D eigenvalue weighted by molar-refractivity contribution is 0.1000. The topological polar surface area (TPSA) is 110 Å². The molecule has 3 N–H and O–H groups in total. The van der Waals surface area contributed by atoms with Gasteiger partial charge in [-0.1, -0.05) is 20.8 Å². The van der Waals surface area contributed by atoms with E-state index < -0.39 is 21.8 Å². The summed E-state index contributed by atoms with van der Waals surface area (Å²) in [4.78, 5) is 26.1. The Bertz CT molecular complexity index is 1050. The van der Waals surface area contributed by atoms with Crippen LogP contribution in [0, 0.1) is 5.92 Å². The summed E-state index contributed by atoms with van der Waals surface area (Å²) in [6.45, 7) is 6.44. The van der Waals surface area contributed by atoms with Gasteiger partial charge in [-0.2, -0.15) is 4.31 Å². The van der Waals surface area contributed by atoms with Crippen molar-refractivity contribution in [2.45, 2.75) is 44.9 Å². The van der Waals surface area contributed by atoms with Gasteiger partial charge in [-0.05, 0) is 55.0 Å².